The first-order valence-corrected chi connectivity index (χ1v) is 7.96. The summed E-state index contributed by atoms with van der Waals surface area (Å²) in [5, 5.41) is 3.51. The van der Waals surface area contributed by atoms with Gasteiger partial charge in [0.25, 0.3) is 0 Å². The number of halogens is 1. The Morgan fingerprint density at radius 1 is 1.09 bits per heavy atom. The maximum atomic E-state index is 11.0. The maximum absolute atomic E-state index is 11.0. The van der Waals surface area contributed by atoms with E-state index in [0.717, 1.165) is 29.2 Å². The van der Waals surface area contributed by atoms with Crippen molar-refractivity contribution in [3.8, 4) is 5.75 Å². The molecule has 4 nitrogen and oxygen atoms in total. The van der Waals surface area contributed by atoms with Crippen LogP contribution in [0.15, 0.2) is 48.5 Å². The summed E-state index contributed by atoms with van der Waals surface area (Å²) in [6, 6.07) is 15.8. The highest BCUT2D eigenvalue weighted by molar-refractivity contribution is 6.30. The van der Waals surface area contributed by atoms with Crippen molar-refractivity contribution in [2.45, 2.75) is 25.5 Å². The summed E-state index contributed by atoms with van der Waals surface area (Å²) in [4.78, 5) is 11.0. The van der Waals surface area contributed by atoms with Gasteiger partial charge in [0, 0.05) is 5.02 Å². The van der Waals surface area contributed by atoms with Crippen molar-refractivity contribution >= 4 is 17.7 Å². The summed E-state index contributed by atoms with van der Waals surface area (Å²) in [7, 11) is 0. The van der Waals surface area contributed by atoms with Crippen LogP contribution >= 0.6 is 11.6 Å². The summed E-state index contributed by atoms with van der Waals surface area (Å²) < 4.78 is 10.6. The normalized spacial score (nSPS) is 16.7. The summed E-state index contributed by atoms with van der Waals surface area (Å²) in [5.41, 5.74) is 2.29. The molecule has 1 atom stereocenters. The molecule has 1 fully saturated rings. The van der Waals surface area contributed by atoms with Gasteiger partial charge in [0.15, 0.2) is 0 Å². The number of hydrogen-bond acceptors (Lipinski definition) is 3. The molecule has 1 aliphatic heterocycles. The molecule has 0 aromatic heterocycles. The fourth-order valence-electron chi connectivity index (χ4n) is 2.42. The van der Waals surface area contributed by atoms with Crippen LogP contribution in [0.3, 0.4) is 0 Å². The van der Waals surface area contributed by atoms with E-state index in [1.807, 2.05) is 36.4 Å². The number of benzene rings is 2. The van der Waals surface area contributed by atoms with Crippen molar-refractivity contribution in [3.05, 3.63) is 64.7 Å². The molecule has 23 heavy (non-hydrogen) atoms. The number of carbonyl (C=O) groups is 1. The second-order valence-electron chi connectivity index (χ2n) is 5.54. The highest BCUT2D eigenvalue weighted by atomic mass is 35.5. The Kier molecular flexibility index (Phi) is 5.03. The molecule has 0 aliphatic carbocycles. The van der Waals surface area contributed by atoms with Crippen LogP contribution in [0.25, 0.3) is 0 Å². The molecule has 1 N–H and O–H groups in total. The lowest BCUT2D eigenvalue weighted by Crippen LogP contribution is -2.26. The Balaban J connectivity index is 1.46. The predicted octanol–water partition coefficient (Wildman–Crippen LogP) is 3.96. The molecule has 0 radical (unpaired) electrons. The lowest BCUT2D eigenvalue weighted by molar-refractivity contribution is 0.176. The maximum Gasteiger partial charge on any atom is 0.407 e. The zero-order chi connectivity index (χ0) is 16.1. The van der Waals surface area contributed by atoms with Crippen LogP contribution in [0.5, 0.6) is 5.75 Å². The van der Waals surface area contributed by atoms with E-state index < -0.39 is 0 Å². The molecule has 1 heterocycles. The van der Waals surface area contributed by atoms with Gasteiger partial charge in [0.1, 0.15) is 19.0 Å². The van der Waals surface area contributed by atoms with E-state index in [1.54, 1.807) is 0 Å². The van der Waals surface area contributed by atoms with Crippen molar-refractivity contribution in [1.29, 1.82) is 0 Å². The van der Waals surface area contributed by atoms with E-state index in [2.05, 4.69) is 17.4 Å². The third kappa shape index (κ3) is 4.63. The van der Waals surface area contributed by atoms with Gasteiger partial charge in [-0.3, -0.25) is 0 Å². The monoisotopic (exact) mass is 331 g/mol. The first-order valence-electron chi connectivity index (χ1n) is 7.58. The highest BCUT2D eigenvalue weighted by Gasteiger charge is 2.21. The molecule has 0 spiro atoms. The van der Waals surface area contributed by atoms with E-state index in [4.69, 9.17) is 21.1 Å². The Morgan fingerprint density at radius 2 is 1.78 bits per heavy atom. The van der Waals surface area contributed by atoms with Gasteiger partial charge in [0.05, 0.1) is 6.04 Å². The second kappa shape index (κ2) is 7.38. The minimum atomic E-state index is -0.319. The van der Waals surface area contributed by atoms with Crippen molar-refractivity contribution in [2.75, 3.05) is 6.61 Å². The predicted molar refractivity (Wildman–Crippen MR) is 88.8 cm³/mol. The molecule has 120 valence electrons. The van der Waals surface area contributed by atoms with Crippen molar-refractivity contribution in [2.24, 2.45) is 0 Å². The number of amides is 1. The van der Waals surface area contributed by atoms with E-state index in [1.165, 1.54) is 5.56 Å². The molecular weight excluding hydrogens is 314 g/mol. The van der Waals surface area contributed by atoms with Gasteiger partial charge in [-0.05, 0) is 48.2 Å². The zero-order valence-electron chi connectivity index (χ0n) is 12.6. The second-order valence-corrected chi connectivity index (χ2v) is 5.97. The quantitative estimate of drug-likeness (QED) is 0.871. The fourth-order valence-corrected chi connectivity index (χ4v) is 2.55. The van der Waals surface area contributed by atoms with Gasteiger partial charge in [-0.2, -0.15) is 0 Å². The van der Waals surface area contributed by atoms with Crippen LogP contribution < -0.4 is 10.1 Å². The topological polar surface area (TPSA) is 47.6 Å². The number of rotatable bonds is 6. The highest BCUT2D eigenvalue weighted by Crippen LogP contribution is 2.17. The lowest BCUT2D eigenvalue weighted by Gasteiger charge is -2.09. The smallest absolute Gasteiger partial charge is 0.407 e. The van der Waals surface area contributed by atoms with E-state index in [-0.39, 0.29) is 12.1 Å². The summed E-state index contributed by atoms with van der Waals surface area (Å²) in [5.74, 6) is 0.834. The van der Waals surface area contributed by atoms with Gasteiger partial charge in [-0.1, -0.05) is 35.9 Å². The first kappa shape index (κ1) is 15.7. The molecule has 0 bridgehead atoms. The van der Waals surface area contributed by atoms with Crippen molar-refractivity contribution in [3.63, 3.8) is 0 Å². The molecule has 2 aromatic carbocycles. The number of nitrogens with one attached hydrogen (secondary N) is 1. The molecule has 2 aromatic rings. The van der Waals surface area contributed by atoms with Crippen LogP contribution in [0.4, 0.5) is 4.79 Å². The van der Waals surface area contributed by atoms with Crippen LogP contribution in [0.1, 0.15) is 17.5 Å². The average molecular weight is 332 g/mol. The third-order valence-corrected chi connectivity index (χ3v) is 4.01. The van der Waals surface area contributed by atoms with Gasteiger partial charge < -0.3 is 14.8 Å². The van der Waals surface area contributed by atoms with E-state index in [9.17, 15) is 4.79 Å². The first-order chi connectivity index (χ1) is 11.2. The molecule has 3 rings (SSSR count). The number of ether oxygens (including phenoxy) is 2. The molecule has 1 unspecified atom stereocenters. The largest absolute Gasteiger partial charge is 0.489 e. The summed E-state index contributed by atoms with van der Waals surface area (Å²) in [6.45, 7) is 0.975. The number of hydrogen-bond donors (Lipinski definition) is 1. The third-order valence-electron chi connectivity index (χ3n) is 3.76. The molecule has 1 amide bonds. The minimum Gasteiger partial charge on any atom is -0.489 e. The average Bonchev–Trinajstić information content (AvgIpc) is 2.99. The van der Waals surface area contributed by atoms with E-state index in [0.29, 0.717) is 13.2 Å². The summed E-state index contributed by atoms with van der Waals surface area (Å²) >= 11 is 5.86. The van der Waals surface area contributed by atoms with Gasteiger partial charge >= 0.3 is 6.09 Å². The Morgan fingerprint density at radius 3 is 2.43 bits per heavy atom. The number of alkyl carbamates (subject to hydrolysis) is 1. The van der Waals surface area contributed by atoms with Crippen LogP contribution in [-0.4, -0.2) is 18.7 Å². The number of aryl methyl sites for hydroxylation is 1. The van der Waals surface area contributed by atoms with E-state index >= 15 is 0 Å². The SMILES string of the molecule is O=C1NC(CCc2ccc(OCc3ccc(Cl)cc3)cc2)CO1. The number of carbonyl (C=O) groups excluding carboxylic acids is 1. The molecule has 1 saturated heterocycles. The van der Waals surface area contributed by atoms with Crippen molar-refractivity contribution < 1.29 is 14.3 Å². The van der Waals surface area contributed by atoms with Crippen LogP contribution in [-0.2, 0) is 17.8 Å². The van der Waals surface area contributed by atoms with Crippen LogP contribution in [0.2, 0.25) is 5.02 Å². The van der Waals surface area contributed by atoms with Gasteiger partial charge in [-0.25, -0.2) is 4.79 Å². The Labute approximate surface area is 140 Å². The number of cyclic esters (lactones) is 1. The lowest BCUT2D eigenvalue weighted by atomic mass is 10.1. The molecular formula is C18H18ClNO3. The van der Waals surface area contributed by atoms with Gasteiger partial charge in [0.2, 0.25) is 0 Å². The zero-order valence-corrected chi connectivity index (χ0v) is 13.4. The fraction of sp³-hybridized carbons (Fsp3) is 0.278. The molecule has 1 aliphatic rings. The van der Waals surface area contributed by atoms with Gasteiger partial charge in [-0.15, -0.1) is 0 Å². The standard InChI is InChI=1S/C18H18ClNO3/c19-15-6-1-14(2-7-15)11-22-17-9-4-13(5-10-17)3-8-16-12-23-18(21)20-16/h1-2,4-7,9-10,16H,3,8,11-12H2,(H,20,21). The summed E-state index contributed by atoms with van der Waals surface area (Å²) in [6.07, 6.45) is 1.45. The minimum absolute atomic E-state index is 0.114. The van der Waals surface area contributed by atoms with Crippen LogP contribution in [0, 0.1) is 0 Å². The molecule has 5 heteroatoms. The van der Waals surface area contributed by atoms with Crippen molar-refractivity contribution in [1.82, 2.24) is 5.32 Å². The Hall–Kier alpha value is -2.20. The molecule has 0 saturated carbocycles. The Bertz CT molecular complexity index is 655.